The van der Waals surface area contributed by atoms with Crippen molar-refractivity contribution < 1.29 is 14.3 Å². The monoisotopic (exact) mass is 271 g/mol. The maximum absolute atomic E-state index is 11.8. The quantitative estimate of drug-likeness (QED) is 0.847. The van der Waals surface area contributed by atoms with Crippen LogP contribution in [0.5, 0.6) is 0 Å². The van der Waals surface area contributed by atoms with Gasteiger partial charge in [0.1, 0.15) is 0 Å². The van der Waals surface area contributed by atoms with Gasteiger partial charge in [-0.05, 0) is 16.3 Å². The fourth-order valence-electron chi connectivity index (χ4n) is 2.00. The minimum absolute atomic E-state index is 0.0933. The Balaban J connectivity index is 1.91. The van der Waals surface area contributed by atoms with Crippen LogP contribution in [0.4, 0.5) is 0 Å². The number of benzene rings is 2. The number of hydrogen-bond donors (Lipinski definition) is 1. The summed E-state index contributed by atoms with van der Waals surface area (Å²) in [4.78, 5) is 22.7. The van der Waals surface area contributed by atoms with E-state index in [1.165, 1.54) is 7.11 Å². The third kappa shape index (κ3) is 3.82. The molecule has 4 nitrogen and oxygen atoms in total. The molecule has 0 spiro atoms. The van der Waals surface area contributed by atoms with E-state index in [2.05, 4.69) is 10.1 Å². The molecule has 0 atom stereocenters. The number of methoxy groups -OCH3 is 1. The van der Waals surface area contributed by atoms with Crippen LogP contribution in [-0.4, -0.2) is 25.5 Å². The van der Waals surface area contributed by atoms with Crippen molar-refractivity contribution in [2.24, 2.45) is 0 Å². The van der Waals surface area contributed by atoms with Crippen LogP contribution in [-0.2, 0) is 20.7 Å². The smallest absolute Gasteiger partial charge is 0.307 e. The molecule has 0 saturated carbocycles. The van der Waals surface area contributed by atoms with Gasteiger partial charge in [-0.3, -0.25) is 9.59 Å². The van der Waals surface area contributed by atoms with Gasteiger partial charge in [0.15, 0.2) is 0 Å². The Hall–Kier alpha value is -2.36. The number of carbonyl (C=O) groups excluding carboxylic acids is 2. The molecule has 2 aromatic rings. The number of amides is 1. The van der Waals surface area contributed by atoms with Crippen LogP contribution in [0.15, 0.2) is 42.5 Å². The van der Waals surface area contributed by atoms with Gasteiger partial charge < -0.3 is 10.1 Å². The van der Waals surface area contributed by atoms with Crippen molar-refractivity contribution in [3.63, 3.8) is 0 Å². The zero-order valence-corrected chi connectivity index (χ0v) is 11.4. The second-order valence-electron chi connectivity index (χ2n) is 4.53. The summed E-state index contributed by atoms with van der Waals surface area (Å²) < 4.78 is 4.51. The molecule has 0 heterocycles. The molecular formula is C16H17NO3. The molecule has 0 radical (unpaired) electrons. The summed E-state index contributed by atoms with van der Waals surface area (Å²) >= 11 is 0. The first-order valence-electron chi connectivity index (χ1n) is 6.50. The predicted molar refractivity (Wildman–Crippen MR) is 77.3 cm³/mol. The lowest BCUT2D eigenvalue weighted by atomic mass is 10.0. The van der Waals surface area contributed by atoms with Gasteiger partial charge in [0.2, 0.25) is 5.91 Å². The summed E-state index contributed by atoms with van der Waals surface area (Å²) in [6.45, 7) is 0.305. The molecule has 0 aromatic heterocycles. The van der Waals surface area contributed by atoms with E-state index < -0.39 is 0 Å². The Kier molecular flexibility index (Phi) is 4.71. The summed E-state index contributed by atoms with van der Waals surface area (Å²) in [6, 6.07) is 14.0. The number of nitrogens with one attached hydrogen (secondary N) is 1. The summed E-state index contributed by atoms with van der Waals surface area (Å²) in [5, 5.41) is 4.98. The summed E-state index contributed by atoms with van der Waals surface area (Å²) in [5.74, 6) is -0.416. The highest BCUT2D eigenvalue weighted by molar-refractivity contribution is 5.85. The van der Waals surface area contributed by atoms with Crippen molar-refractivity contribution in [3.8, 4) is 0 Å². The van der Waals surface area contributed by atoms with E-state index >= 15 is 0 Å². The molecule has 0 aliphatic rings. The average Bonchev–Trinajstić information content (AvgIpc) is 2.47. The van der Waals surface area contributed by atoms with Crippen molar-refractivity contribution in [3.05, 3.63) is 48.0 Å². The van der Waals surface area contributed by atoms with Crippen molar-refractivity contribution in [2.75, 3.05) is 13.7 Å². The molecular weight excluding hydrogens is 254 g/mol. The third-order valence-electron chi connectivity index (χ3n) is 3.06. The Morgan fingerprint density at radius 1 is 1.10 bits per heavy atom. The van der Waals surface area contributed by atoms with Gasteiger partial charge in [0.05, 0.1) is 20.0 Å². The Labute approximate surface area is 117 Å². The zero-order chi connectivity index (χ0) is 14.4. The molecule has 4 heteroatoms. The van der Waals surface area contributed by atoms with Gasteiger partial charge in [0, 0.05) is 6.54 Å². The molecule has 0 fully saturated rings. The summed E-state index contributed by atoms with van der Waals surface area (Å²) in [7, 11) is 1.33. The van der Waals surface area contributed by atoms with Crippen molar-refractivity contribution >= 4 is 22.6 Å². The van der Waals surface area contributed by atoms with Gasteiger partial charge >= 0.3 is 5.97 Å². The molecule has 0 saturated heterocycles. The van der Waals surface area contributed by atoms with E-state index in [1.54, 1.807) is 0 Å². The predicted octanol–water partition coefficient (Wildman–Crippen LogP) is 2.06. The number of fused-ring (bicyclic) bond motifs is 1. The molecule has 0 aliphatic heterocycles. The Morgan fingerprint density at radius 2 is 1.85 bits per heavy atom. The number of esters is 1. The van der Waals surface area contributed by atoms with Crippen LogP contribution in [0, 0.1) is 0 Å². The van der Waals surface area contributed by atoms with E-state index in [1.807, 2.05) is 42.5 Å². The molecule has 20 heavy (non-hydrogen) atoms. The standard InChI is InChI=1S/C16H17NO3/c1-20-16(19)8-9-17-15(18)11-12-6-7-13-4-2-3-5-14(13)10-12/h2-7,10H,8-9,11H2,1H3,(H,17,18). The van der Waals surface area contributed by atoms with E-state index in [0.29, 0.717) is 13.0 Å². The first kappa shape index (κ1) is 14.1. The van der Waals surface area contributed by atoms with Crippen LogP contribution in [0.3, 0.4) is 0 Å². The molecule has 2 aromatic carbocycles. The molecule has 0 aliphatic carbocycles. The van der Waals surface area contributed by atoms with E-state index in [0.717, 1.165) is 16.3 Å². The molecule has 1 N–H and O–H groups in total. The molecule has 2 rings (SSSR count). The fourth-order valence-corrected chi connectivity index (χ4v) is 2.00. The minimum Gasteiger partial charge on any atom is -0.469 e. The molecule has 104 valence electrons. The largest absolute Gasteiger partial charge is 0.469 e. The summed E-state index contributed by atoms with van der Waals surface area (Å²) in [5.41, 5.74) is 0.958. The van der Waals surface area contributed by atoms with Crippen LogP contribution >= 0.6 is 0 Å². The van der Waals surface area contributed by atoms with E-state index in [-0.39, 0.29) is 18.3 Å². The van der Waals surface area contributed by atoms with Gasteiger partial charge in [-0.15, -0.1) is 0 Å². The molecule has 1 amide bonds. The second kappa shape index (κ2) is 6.70. The normalized spacial score (nSPS) is 10.2. The van der Waals surface area contributed by atoms with Gasteiger partial charge in [-0.25, -0.2) is 0 Å². The highest BCUT2D eigenvalue weighted by atomic mass is 16.5. The van der Waals surface area contributed by atoms with Gasteiger partial charge in [-0.1, -0.05) is 42.5 Å². The number of hydrogen-bond acceptors (Lipinski definition) is 3. The van der Waals surface area contributed by atoms with Gasteiger partial charge in [-0.2, -0.15) is 0 Å². The maximum Gasteiger partial charge on any atom is 0.307 e. The zero-order valence-electron chi connectivity index (χ0n) is 11.4. The Morgan fingerprint density at radius 3 is 2.60 bits per heavy atom. The average molecular weight is 271 g/mol. The van der Waals surface area contributed by atoms with E-state index in [9.17, 15) is 9.59 Å². The second-order valence-corrected chi connectivity index (χ2v) is 4.53. The number of carbonyl (C=O) groups is 2. The fraction of sp³-hybridized carbons (Fsp3) is 0.250. The minimum atomic E-state index is -0.323. The van der Waals surface area contributed by atoms with Crippen LogP contribution < -0.4 is 5.32 Å². The highest BCUT2D eigenvalue weighted by Crippen LogP contribution is 2.15. The Bertz CT molecular complexity index is 622. The number of rotatable bonds is 5. The van der Waals surface area contributed by atoms with E-state index in [4.69, 9.17) is 0 Å². The summed E-state index contributed by atoms with van der Waals surface area (Å²) in [6.07, 6.45) is 0.506. The third-order valence-corrected chi connectivity index (χ3v) is 3.06. The van der Waals surface area contributed by atoms with Crippen LogP contribution in [0.2, 0.25) is 0 Å². The van der Waals surface area contributed by atoms with Crippen molar-refractivity contribution in [2.45, 2.75) is 12.8 Å². The lowest BCUT2D eigenvalue weighted by Gasteiger charge is -2.06. The van der Waals surface area contributed by atoms with Crippen molar-refractivity contribution in [1.29, 1.82) is 0 Å². The topological polar surface area (TPSA) is 55.4 Å². The molecule has 0 bridgehead atoms. The SMILES string of the molecule is COC(=O)CCNC(=O)Cc1ccc2ccccc2c1. The van der Waals surface area contributed by atoms with Crippen LogP contribution in [0.1, 0.15) is 12.0 Å². The first-order valence-corrected chi connectivity index (χ1v) is 6.50. The van der Waals surface area contributed by atoms with Gasteiger partial charge in [0.25, 0.3) is 0 Å². The maximum atomic E-state index is 11.8. The first-order chi connectivity index (χ1) is 9.69. The lowest BCUT2D eigenvalue weighted by Crippen LogP contribution is -2.27. The molecule has 0 unspecified atom stereocenters. The number of ether oxygens (including phenoxy) is 1. The van der Waals surface area contributed by atoms with Crippen LogP contribution in [0.25, 0.3) is 10.8 Å². The highest BCUT2D eigenvalue weighted by Gasteiger charge is 2.05. The van der Waals surface area contributed by atoms with Crippen molar-refractivity contribution in [1.82, 2.24) is 5.32 Å². The lowest BCUT2D eigenvalue weighted by molar-refractivity contribution is -0.140.